The van der Waals surface area contributed by atoms with E-state index in [0.29, 0.717) is 12.8 Å². The van der Waals surface area contributed by atoms with Crippen LogP contribution in [0, 0.1) is 5.41 Å². The molecule has 0 unspecified atom stereocenters. The molecule has 0 radical (unpaired) electrons. The van der Waals surface area contributed by atoms with E-state index in [0.717, 1.165) is 12.2 Å². The molecule has 19 heavy (non-hydrogen) atoms. The predicted octanol–water partition coefficient (Wildman–Crippen LogP) is 2.92. The lowest BCUT2D eigenvalue weighted by atomic mass is 10.1. The molecule has 1 aliphatic carbocycles. The van der Waals surface area contributed by atoms with Crippen LogP contribution in [0.2, 0.25) is 0 Å². The van der Waals surface area contributed by atoms with Crippen LogP contribution in [0.5, 0.6) is 0 Å². The molecule has 0 amide bonds. The maximum Gasteiger partial charge on any atom is 0.423 e. The molecule has 0 atom stereocenters. The van der Waals surface area contributed by atoms with Gasteiger partial charge in [-0.05, 0) is 12.8 Å². The van der Waals surface area contributed by atoms with Gasteiger partial charge in [0.05, 0.1) is 12.0 Å². The van der Waals surface area contributed by atoms with Crippen molar-refractivity contribution in [2.24, 2.45) is 5.41 Å². The molecular weight excluding hydrogens is 282 g/mol. The summed E-state index contributed by atoms with van der Waals surface area (Å²) < 4.78 is 76.1. The van der Waals surface area contributed by atoms with Gasteiger partial charge in [0, 0.05) is 0 Å². The molecule has 0 spiro atoms. The van der Waals surface area contributed by atoms with Crippen LogP contribution in [0.4, 0.5) is 26.3 Å². The van der Waals surface area contributed by atoms with Gasteiger partial charge in [0.2, 0.25) is 6.10 Å². The van der Waals surface area contributed by atoms with Crippen molar-refractivity contribution in [3.63, 3.8) is 0 Å². The van der Waals surface area contributed by atoms with E-state index in [1.54, 1.807) is 0 Å². The SMILES string of the molecule is O=C(O)C1(C=CCOC(C(F)(F)F)C(F)(F)F)CC1. The molecule has 1 saturated carbocycles. The molecule has 0 aromatic heterocycles. The van der Waals surface area contributed by atoms with E-state index in [9.17, 15) is 31.1 Å². The van der Waals surface area contributed by atoms with Crippen LogP contribution in [-0.4, -0.2) is 36.1 Å². The van der Waals surface area contributed by atoms with E-state index in [-0.39, 0.29) is 0 Å². The normalized spacial score (nSPS) is 19.1. The van der Waals surface area contributed by atoms with Gasteiger partial charge in [-0.3, -0.25) is 4.79 Å². The quantitative estimate of drug-likeness (QED) is 0.626. The molecule has 110 valence electrons. The summed E-state index contributed by atoms with van der Waals surface area (Å²) in [6.07, 6.45) is -12.4. The van der Waals surface area contributed by atoms with Gasteiger partial charge in [-0.1, -0.05) is 12.2 Å². The minimum absolute atomic E-state index is 0.306. The van der Waals surface area contributed by atoms with Crippen molar-refractivity contribution in [3.8, 4) is 0 Å². The maximum atomic E-state index is 12.1. The summed E-state index contributed by atoms with van der Waals surface area (Å²) in [6.45, 7) is -0.960. The average Bonchev–Trinajstić information content (AvgIpc) is 2.94. The van der Waals surface area contributed by atoms with Gasteiger partial charge < -0.3 is 9.84 Å². The smallest absolute Gasteiger partial charge is 0.423 e. The molecule has 1 rings (SSSR count). The molecule has 1 N–H and O–H groups in total. The van der Waals surface area contributed by atoms with Crippen molar-refractivity contribution in [2.45, 2.75) is 31.3 Å². The molecule has 9 heteroatoms. The summed E-state index contributed by atoms with van der Waals surface area (Å²) in [5.41, 5.74) is -1.16. The minimum atomic E-state index is -5.56. The second-order valence-corrected chi connectivity index (χ2v) is 4.16. The molecular formula is C10H10F6O3. The zero-order chi connectivity index (χ0) is 14.9. The molecule has 0 aromatic rings. The van der Waals surface area contributed by atoms with Crippen LogP contribution in [0.15, 0.2) is 12.2 Å². The van der Waals surface area contributed by atoms with Gasteiger partial charge in [-0.2, -0.15) is 26.3 Å². The number of hydrogen-bond donors (Lipinski definition) is 1. The largest absolute Gasteiger partial charge is 0.481 e. The van der Waals surface area contributed by atoms with E-state index in [4.69, 9.17) is 5.11 Å². The minimum Gasteiger partial charge on any atom is -0.481 e. The first-order chi connectivity index (χ1) is 8.49. The number of rotatable bonds is 5. The summed E-state index contributed by atoms with van der Waals surface area (Å²) in [4.78, 5) is 10.7. The molecule has 1 fully saturated rings. The topological polar surface area (TPSA) is 46.5 Å². The van der Waals surface area contributed by atoms with E-state index in [1.807, 2.05) is 0 Å². The van der Waals surface area contributed by atoms with Crippen molar-refractivity contribution in [1.82, 2.24) is 0 Å². The third-order valence-corrected chi connectivity index (χ3v) is 2.61. The summed E-state index contributed by atoms with van der Waals surface area (Å²) in [5.74, 6) is -1.16. The second-order valence-electron chi connectivity index (χ2n) is 4.16. The Kier molecular flexibility index (Phi) is 4.18. The Morgan fingerprint density at radius 2 is 1.68 bits per heavy atom. The lowest BCUT2D eigenvalue weighted by Gasteiger charge is -2.22. The number of carbonyl (C=O) groups is 1. The molecule has 3 nitrogen and oxygen atoms in total. The second kappa shape index (κ2) is 5.03. The lowest BCUT2D eigenvalue weighted by molar-refractivity contribution is -0.319. The Bertz CT molecular complexity index is 352. The molecule has 0 aromatic carbocycles. The van der Waals surface area contributed by atoms with Crippen LogP contribution in [0.25, 0.3) is 0 Å². The Hall–Kier alpha value is -1.25. The van der Waals surface area contributed by atoms with Gasteiger partial charge in [-0.25, -0.2) is 0 Å². The van der Waals surface area contributed by atoms with Crippen LogP contribution in [0.1, 0.15) is 12.8 Å². The summed E-state index contributed by atoms with van der Waals surface area (Å²) >= 11 is 0. The van der Waals surface area contributed by atoms with Crippen LogP contribution in [-0.2, 0) is 9.53 Å². The fourth-order valence-corrected chi connectivity index (χ4v) is 1.39. The average molecular weight is 292 g/mol. The number of carboxylic acids is 1. The van der Waals surface area contributed by atoms with Crippen LogP contribution < -0.4 is 0 Å². The highest BCUT2D eigenvalue weighted by Gasteiger charge is 2.57. The first kappa shape index (κ1) is 15.8. The van der Waals surface area contributed by atoms with Gasteiger partial charge in [0.1, 0.15) is 0 Å². The van der Waals surface area contributed by atoms with Crippen molar-refractivity contribution in [2.75, 3.05) is 6.61 Å². The van der Waals surface area contributed by atoms with Gasteiger partial charge >= 0.3 is 18.3 Å². The molecule has 1 aliphatic rings. The van der Waals surface area contributed by atoms with E-state index in [2.05, 4.69) is 4.74 Å². The summed E-state index contributed by atoms with van der Waals surface area (Å²) in [5, 5.41) is 8.72. The van der Waals surface area contributed by atoms with Gasteiger partial charge in [-0.15, -0.1) is 0 Å². The predicted molar refractivity (Wildman–Crippen MR) is 50.3 cm³/mol. The number of ether oxygens (including phenoxy) is 1. The maximum absolute atomic E-state index is 12.1. The monoisotopic (exact) mass is 292 g/mol. The van der Waals surface area contributed by atoms with Crippen molar-refractivity contribution in [1.29, 1.82) is 0 Å². The fourth-order valence-electron chi connectivity index (χ4n) is 1.39. The number of carboxylic acid groups (broad SMARTS) is 1. The van der Waals surface area contributed by atoms with Crippen molar-refractivity contribution in [3.05, 3.63) is 12.2 Å². The Balaban J connectivity index is 2.55. The standard InChI is InChI=1S/C10H10F6O3/c11-9(12,13)6(10(14,15)16)19-5-1-2-8(3-4-8)7(17)18/h1-2,6H,3-5H2,(H,17,18). The fraction of sp³-hybridized carbons (Fsp3) is 0.700. The number of halogens is 6. The third kappa shape index (κ3) is 4.12. The van der Waals surface area contributed by atoms with Crippen molar-refractivity contribution >= 4 is 5.97 Å². The Morgan fingerprint density at radius 3 is 2.00 bits per heavy atom. The number of alkyl halides is 6. The molecule has 0 bridgehead atoms. The Labute approximate surface area is 103 Å². The third-order valence-electron chi connectivity index (χ3n) is 2.61. The zero-order valence-electron chi connectivity index (χ0n) is 9.38. The highest BCUT2D eigenvalue weighted by molar-refractivity contribution is 5.80. The Morgan fingerprint density at radius 1 is 1.21 bits per heavy atom. The zero-order valence-corrected chi connectivity index (χ0v) is 9.38. The lowest BCUT2D eigenvalue weighted by Crippen LogP contribution is -2.44. The first-order valence-electron chi connectivity index (χ1n) is 5.15. The summed E-state index contributed by atoms with van der Waals surface area (Å²) in [6, 6.07) is 0. The van der Waals surface area contributed by atoms with Gasteiger partial charge in [0.25, 0.3) is 0 Å². The van der Waals surface area contributed by atoms with Crippen LogP contribution >= 0.6 is 0 Å². The number of aliphatic carboxylic acids is 1. The van der Waals surface area contributed by atoms with Gasteiger partial charge in [0.15, 0.2) is 0 Å². The highest BCUT2D eigenvalue weighted by atomic mass is 19.4. The van der Waals surface area contributed by atoms with Crippen LogP contribution in [0.3, 0.4) is 0 Å². The molecule has 0 aliphatic heterocycles. The van der Waals surface area contributed by atoms with Crippen molar-refractivity contribution < 1.29 is 41.0 Å². The highest BCUT2D eigenvalue weighted by Crippen LogP contribution is 2.47. The first-order valence-corrected chi connectivity index (χ1v) is 5.15. The molecule has 0 saturated heterocycles. The molecule has 0 heterocycles. The van der Waals surface area contributed by atoms with E-state index < -0.39 is 36.4 Å². The number of hydrogen-bond acceptors (Lipinski definition) is 2. The summed E-state index contributed by atoms with van der Waals surface area (Å²) in [7, 11) is 0. The van der Waals surface area contributed by atoms with E-state index in [1.165, 1.54) is 0 Å². The van der Waals surface area contributed by atoms with E-state index >= 15 is 0 Å².